The zero-order valence-electron chi connectivity index (χ0n) is 11.7. The van der Waals surface area contributed by atoms with Crippen LogP contribution in [-0.4, -0.2) is 25.7 Å². The first-order valence-corrected chi connectivity index (χ1v) is 6.37. The highest BCUT2D eigenvalue weighted by Crippen LogP contribution is 2.14. The summed E-state index contributed by atoms with van der Waals surface area (Å²) in [5.41, 5.74) is 3.05. The summed E-state index contributed by atoms with van der Waals surface area (Å²) in [5.74, 6) is -0.429. The first kappa shape index (κ1) is 15.2. The molecule has 19 heavy (non-hydrogen) atoms. The van der Waals surface area contributed by atoms with Crippen LogP contribution < -0.4 is 0 Å². The van der Waals surface area contributed by atoms with Gasteiger partial charge in [-0.1, -0.05) is 18.2 Å². The van der Waals surface area contributed by atoms with Gasteiger partial charge in [0.15, 0.2) is 0 Å². The van der Waals surface area contributed by atoms with Gasteiger partial charge in [-0.2, -0.15) is 0 Å². The summed E-state index contributed by atoms with van der Waals surface area (Å²) < 4.78 is 9.53. The molecule has 0 bridgehead atoms. The summed E-state index contributed by atoms with van der Waals surface area (Å²) >= 11 is 0. The summed E-state index contributed by atoms with van der Waals surface area (Å²) in [7, 11) is 1.38. The molecule has 0 radical (unpaired) electrons. The Morgan fingerprint density at radius 1 is 1.21 bits per heavy atom. The molecule has 0 amide bonds. The molecule has 0 saturated carbocycles. The van der Waals surface area contributed by atoms with Crippen LogP contribution >= 0.6 is 0 Å². The Morgan fingerprint density at radius 3 is 2.53 bits per heavy atom. The van der Waals surface area contributed by atoms with Crippen molar-refractivity contribution < 1.29 is 19.1 Å². The number of hydrogen-bond donors (Lipinski definition) is 0. The van der Waals surface area contributed by atoms with Crippen molar-refractivity contribution >= 4 is 11.9 Å². The third kappa shape index (κ3) is 5.12. The molecule has 0 aliphatic heterocycles. The Labute approximate surface area is 113 Å². The van der Waals surface area contributed by atoms with E-state index >= 15 is 0 Å². The second-order valence-electron chi connectivity index (χ2n) is 4.32. The van der Waals surface area contributed by atoms with Crippen molar-refractivity contribution in [3.05, 3.63) is 34.9 Å². The van der Waals surface area contributed by atoms with E-state index in [4.69, 9.17) is 4.74 Å². The highest BCUT2D eigenvalue weighted by Gasteiger charge is 2.08. The van der Waals surface area contributed by atoms with Crippen molar-refractivity contribution in [1.29, 1.82) is 0 Å². The monoisotopic (exact) mass is 264 g/mol. The molecule has 0 spiro atoms. The lowest BCUT2D eigenvalue weighted by Gasteiger charge is -2.08. The molecule has 4 nitrogen and oxygen atoms in total. The number of carbonyl (C=O) groups excluding carboxylic acids is 2. The van der Waals surface area contributed by atoms with Gasteiger partial charge in [-0.05, 0) is 37.0 Å². The van der Waals surface area contributed by atoms with E-state index in [-0.39, 0.29) is 18.4 Å². The third-order valence-electron chi connectivity index (χ3n) is 2.89. The van der Waals surface area contributed by atoms with Crippen molar-refractivity contribution in [3.63, 3.8) is 0 Å². The van der Waals surface area contributed by atoms with Crippen molar-refractivity contribution in [3.8, 4) is 0 Å². The van der Waals surface area contributed by atoms with Gasteiger partial charge >= 0.3 is 11.9 Å². The van der Waals surface area contributed by atoms with Crippen molar-refractivity contribution in [1.82, 2.24) is 0 Å². The Kier molecular flexibility index (Phi) is 6.06. The van der Waals surface area contributed by atoms with Crippen molar-refractivity contribution in [2.75, 3.05) is 13.7 Å². The number of esters is 2. The molecule has 0 saturated heterocycles. The van der Waals surface area contributed by atoms with Gasteiger partial charge in [0.2, 0.25) is 0 Å². The number of carbonyl (C=O) groups is 2. The number of benzene rings is 1. The Hall–Kier alpha value is -1.84. The maximum atomic E-state index is 11.3. The molecular formula is C15H20O4. The highest BCUT2D eigenvalue weighted by atomic mass is 16.5. The summed E-state index contributed by atoms with van der Waals surface area (Å²) in [5, 5.41) is 0. The SMILES string of the molecule is CCOC(=O)CCc1ccc(CC(=O)OC)c(C)c1. The number of aryl methyl sites for hydroxylation is 2. The highest BCUT2D eigenvalue weighted by molar-refractivity contribution is 5.73. The maximum absolute atomic E-state index is 11.3. The average molecular weight is 264 g/mol. The van der Waals surface area contributed by atoms with E-state index in [1.54, 1.807) is 6.92 Å². The van der Waals surface area contributed by atoms with Gasteiger partial charge in [-0.25, -0.2) is 0 Å². The van der Waals surface area contributed by atoms with Crippen LogP contribution in [0.15, 0.2) is 18.2 Å². The maximum Gasteiger partial charge on any atom is 0.309 e. The van der Waals surface area contributed by atoms with Gasteiger partial charge in [0.05, 0.1) is 20.1 Å². The Balaban J connectivity index is 2.61. The van der Waals surface area contributed by atoms with Gasteiger partial charge in [0.1, 0.15) is 0 Å². The van der Waals surface area contributed by atoms with E-state index in [1.807, 2.05) is 25.1 Å². The van der Waals surface area contributed by atoms with Crippen LogP contribution in [0.3, 0.4) is 0 Å². The normalized spacial score (nSPS) is 10.1. The van der Waals surface area contributed by atoms with Crippen LogP contribution in [0.4, 0.5) is 0 Å². The van der Waals surface area contributed by atoms with E-state index in [1.165, 1.54) is 7.11 Å². The number of ether oxygens (including phenoxy) is 2. The number of rotatable bonds is 6. The van der Waals surface area contributed by atoms with E-state index in [0.29, 0.717) is 19.4 Å². The molecule has 1 aromatic rings. The molecule has 1 aromatic carbocycles. The first-order valence-electron chi connectivity index (χ1n) is 6.37. The fourth-order valence-electron chi connectivity index (χ4n) is 1.82. The lowest BCUT2D eigenvalue weighted by molar-refractivity contribution is -0.143. The van der Waals surface area contributed by atoms with E-state index in [2.05, 4.69) is 4.74 Å². The Bertz CT molecular complexity index is 451. The molecule has 0 aromatic heterocycles. The minimum atomic E-state index is -0.248. The second-order valence-corrected chi connectivity index (χ2v) is 4.32. The lowest BCUT2D eigenvalue weighted by Crippen LogP contribution is -2.07. The number of methoxy groups -OCH3 is 1. The predicted molar refractivity (Wildman–Crippen MR) is 71.9 cm³/mol. The molecule has 1 rings (SSSR count). The molecule has 0 atom stereocenters. The summed E-state index contributed by atoms with van der Waals surface area (Å²) in [6.45, 7) is 4.16. The van der Waals surface area contributed by atoms with Crippen molar-refractivity contribution in [2.24, 2.45) is 0 Å². The van der Waals surface area contributed by atoms with Crippen LogP contribution in [0.5, 0.6) is 0 Å². The van der Waals surface area contributed by atoms with Crippen LogP contribution in [0.25, 0.3) is 0 Å². The topological polar surface area (TPSA) is 52.6 Å². The summed E-state index contributed by atoms with van der Waals surface area (Å²) in [6.07, 6.45) is 1.31. The third-order valence-corrected chi connectivity index (χ3v) is 2.89. The van der Waals surface area contributed by atoms with E-state index in [9.17, 15) is 9.59 Å². The standard InChI is InChI=1S/C15H20O4/c1-4-19-14(16)8-6-12-5-7-13(11(2)9-12)10-15(17)18-3/h5,7,9H,4,6,8,10H2,1-3H3. The zero-order chi connectivity index (χ0) is 14.3. The van der Waals surface area contributed by atoms with Gasteiger partial charge in [-0.3, -0.25) is 9.59 Å². The van der Waals surface area contributed by atoms with Crippen LogP contribution in [-0.2, 0) is 31.9 Å². The van der Waals surface area contributed by atoms with Gasteiger partial charge < -0.3 is 9.47 Å². The van der Waals surface area contributed by atoms with Crippen molar-refractivity contribution in [2.45, 2.75) is 33.1 Å². The molecule has 0 aliphatic carbocycles. The molecule has 0 fully saturated rings. The quantitative estimate of drug-likeness (QED) is 0.739. The van der Waals surface area contributed by atoms with Gasteiger partial charge in [0, 0.05) is 6.42 Å². The first-order chi connectivity index (χ1) is 9.06. The number of hydrogen-bond acceptors (Lipinski definition) is 4. The molecule has 0 aliphatic rings. The fourth-order valence-corrected chi connectivity index (χ4v) is 1.82. The molecular weight excluding hydrogens is 244 g/mol. The molecule has 104 valence electrons. The fraction of sp³-hybridized carbons (Fsp3) is 0.467. The van der Waals surface area contributed by atoms with Crippen LogP contribution in [0, 0.1) is 6.92 Å². The van der Waals surface area contributed by atoms with Crippen LogP contribution in [0.1, 0.15) is 30.0 Å². The smallest absolute Gasteiger partial charge is 0.309 e. The van der Waals surface area contributed by atoms with E-state index in [0.717, 1.165) is 16.7 Å². The lowest BCUT2D eigenvalue weighted by atomic mass is 10.0. The average Bonchev–Trinajstić information content (AvgIpc) is 2.39. The van der Waals surface area contributed by atoms with Crippen LogP contribution in [0.2, 0.25) is 0 Å². The van der Waals surface area contributed by atoms with E-state index < -0.39 is 0 Å². The van der Waals surface area contributed by atoms with Gasteiger partial charge in [0.25, 0.3) is 0 Å². The molecule has 0 N–H and O–H groups in total. The minimum Gasteiger partial charge on any atom is -0.469 e. The summed E-state index contributed by atoms with van der Waals surface area (Å²) in [6, 6.07) is 5.84. The summed E-state index contributed by atoms with van der Waals surface area (Å²) in [4.78, 5) is 22.5. The minimum absolute atomic E-state index is 0.182. The largest absolute Gasteiger partial charge is 0.469 e. The van der Waals surface area contributed by atoms with Gasteiger partial charge in [-0.15, -0.1) is 0 Å². The zero-order valence-corrected chi connectivity index (χ0v) is 11.7. The Morgan fingerprint density at radius 2 is 1.95 bits per heavy atom. The molecule has 0 unspecified atom stereocenters. The predicted octanol–water partition coefficient (Wildman–Crippen LogP) is 2.21. The second kappa shape index (κ2) is 7.56. The molecule has 4 heteroatoms. The molecule has 0 heterocycles.